The van der Waals surface area contributed by atoms with Crippen molar-refractivity contribution in [3.8, 4) is 0 Å². The molecule has 5 nitrogen and oxygen atoms in total. The molecule has 0 radical (unpaired) electrons. The second-order valence-corrected chi connectivity index (χ2v) is 7.08. The van der Waals surface area contributed by atoms with E-state index in [9.17, 15) is 9.59 Å². The summed E-state index contributed by atoms with van der Waals surface area (Å²) in [6.45, 7) is 5.88. The fourth-order valence-electron chi connectivity index (χ4n) is 2.83. The van der Waals surface area contributed by atoms with Crippen molar-refractivity contribution >= 4 is 12.0 Å². The summed E-state index contributed by atoms with van der Waals surface area (Å²) in [6, 6.07) is 9.73. The van der Waals surface area contributed by atoms with E-state index in [2.05, 4.69) is 10.6 Å². The molecule has 23 heavy (non-hydrogen) atoms. The van der Waals surface area contributed by atoms with Gasteiger partial charge < -0.3 is 15.4 Å². The number of rotatable bonds is 4. The van der Waals surface area contributed by atoms with Gasteiger partial charge in [0.15, 0.2) is 0 Å². The molecule has 1 fully saturated rings. The van der Waals surface area contributed by atoms with E-state index in [1.807, 2.05) is 51.1 Å². The number of hydrogen-bond acceptors (Lipinski definition) is 3. The summed E-state index contributed by atoms with van der Waals surface area (Å²) in [5.74, 6) is -0.135. The lowest BCUT2D eigenvalue weighted by Gasteiger charge is -2.30. The van der Waals surface area contributed by atoms with Crippen LogP contribution in [0.4, 0.5) is 4.79 Å². The minimum atomic E-state index is -0.850. The standard InChI is InChI=1S/C18H26N2O3/c1-17(2,3)23-16(22)20-18(11-7-8-12-18)15(21)19-13-14-9-5-4-6-10-14/h4-6,9-10H,7-8,11-13H2,1-3H3,(H,19,21)(H,20,22). The SMILES string of the molecule is CC(C)(C)OC(=O)NC1(C(=O)NCc2ccccc2)CCCC1. The number of carbonyl (C=O) groups excluding carboxylic acids is 2. The minimum Gasteiger partial charge on any atom is -0.444 e. The Morgan fingerprint density at radius 1 is 1.13 bits per heavy atom. The van der Waals surface area contributed by atoms with Crippen molar-refractivity contribution in [1.29, 1.82) is 0 Å². The normalized spacial score (nSPS) is 16.7. The van der Waals surface area contributed by atoms with E-state index in [4.69, 9.17) is 4.74 Å². The molecular formula is C18H26N2O3. The molecule has 1 saturated carbocycles. The molecule has 0 atom stereocenters. The molecule has 0 spiro atoms. The number of amides is 2. The van der Waals surface area contributed by atoms with Gasteiger partial charge >= 0.3 is 6.09 Å². The summed E-state index contributed by atoms with van der Waals surface area (Å²) < 4.78 is 5.31. The Bertz CT molecular complexity index is 543. The molecule has 1 aliphatic rings. The van der Waals surface area contributed by atoms with Crippen LogP contribution in [0.5, 0.6) is 0 Å². The van der Waals surface area contributed by atoms with Crippen LogP contribution in [0, 0.1) is 0 Å². The third-order valence-electron chi connectivity index (χ3n) is 3.93. The second kappa shape index (κ2) is 7.02. The minimum absolute atomic E-state index is 0.135. The number of ether oxygens (including phenoxy) is 1. The first kappa shape index (κ1) is 17.3. The van der Waals surface area contributed by atoms with E-state index in [0.717, 1.165) is 18.4 Å². The number of alkyl carbamates (subject to hydrolysis) is 1. The largest absolute Gasteiger partial charge is 0.444 e. The maximum Gasteiger partial charge on any atom is 0.408 e. The van der Waals surface area contributed by atoms with Crippen molar-refractivity contribution < 1.29 is 14.3 Å². The molecule has 2 rings (SSSR count). The summed E-state index contributed by atoms with van der Waals surface area (Å²) in [4.78, 5) is 24.7. The zero-order valence-corrected chi connectivity index (χ0v) is 14.1. The van der Waals surface area contributed by atoms with E-state index in [1.165, 1.54) is 0 Å². The third kappa shape index (κ3) is 4.98. The van der Waals surface area contributed by atoms with Gasteiger partial charge in [0.2, 0.25) is 5.91 Å². The highest BCUT2D eigenvalue weighted by molar-refractivity contribution is 5.90. The van der Waals surface area contributed by atoms with Crippen molar-refractivity contribution in [2.75, 3.05) is 0 Å². The van der Waals surface area contributed by atoms with Gasteiger partial charge in [-0.1, -0.05) is 43.2 Å². The van der Waals surface area contributed by atoms with Gasteiger partial charge in [-0.3, -0.25) is 4.79 Å². The fourth-order valence-corrected chi connectivity index (χ4v) is 2.83. The van der Waals surface area contributed by atoms with Gasteiger partial charge in [-0.15, -0.1) is 0 Å². The molecule has 0 saturated heterocycles. The zero-order valence-electron chi connectivity index (χ0n) is 14.1. The highest BCUT2D eigenvalue weighted by Gasteiger charge is 2.43. The summed E-state index contributed by atoms with van der Waals surface area (Å²) in [7, 11) is 0. The van der Waals surface area contributed by atoms with Crippen LogP contribution < -0.4 is 10.6 Å². The van der Waals surface area contributed by atoms with Crippen LogP contribution in [0.1, 0.15) is 52.0 Å². The van der Waals surface area contributed by atoms with Gasteiger partial charge in [-0.25, -0.2) is 4.79 Å². The van der Waals surface area contributed by atoms with Crippen molar-refractivity contribution in [3.63, 3.8) is 0 Å². The van der Waals surface area contributed by atoms with Crippen molar-refractivity contribution in [2.45, 2.75) is 64.1 Å². The highest BCUT2D eigenvalue weighted by atomic mass is 16.6. The van der Waals surface area contributed by atoms with Crippen LogP contribution >= 0.6 is 0 Å². The average Bonchev–Trinajstić information content (AvgIpc) is 2.93. The van der Waals surface area contributed by atoms with Crippen molar-refractivity contribution in [3.05, 3.63) is 35.9 Å². The maximum atomic E-state index is 12.7. The van der Waals surface area contributed by atoms with Crippen LogP contribution in [0.3, 0.4) is 0 Å². The Kier molecular flexibility index (Phi) is 5.29. The van der Waals surface area contributed by atoms with E-state index in [0.29, 0.717) is 19.4 Å². The predicted molar refractivity (Wildman–Crippen MR) is 88.9 cm³/mol. The Labute approximate surface area is 137 Å². The van der Waals surface area contributed by atoms with Gasteiger partial charge in [-0.2, -0.15) is 0 Å². The molecule has 5 heteroatoms. The van der Waals surface area contributed by atoms with E-state index < -0.39 is 17.2 Å². The van der Waals surface area contributed by atoms with Gasteiger partial charge in [0.1, 0.15) is 11.1 Å². The molecule has 1 aromatic carbocycles. The molecule has 0 unspecified atom stereocenters. The smallest absolute Gasteiger partial charge is 0.408 e. The van der Waals surface area contributed by atoms with Crippen molar-refractivity contribution in [2.24, 2.45) is 0 Å². The zero-order chi connectivity index (χ0) is 16.9. The Hall–Kier alpha value is -2.04. The number of hydrogen-bond donors (Lipinski definition) is 2. The first-order valence-electron chi connectivity index (χ1n) is 8.14. The molecule has 126 valence electrons. The van der Waals surface area contributed by atoms with Crippen LogP contribution in [-0.2, 0) is 16.1 Å². The molecule has 2 amide bonds. The maximum absolute atomic E-state index is 12.7. The summed E-state index contributed by atoms with van der Waals surface area (Å²) in [5.41, 5.74) is -0.395. The quantitative estimate of drug-likeness (QED) is 0.896. The third-order valence-corrected chi connectivity index (χ3v) is 3.93. The molecule has 1 aromatic rings. The Morgan fingerprint density at radius 3 is 2.30 bits per heavy atom. The highest BCUT2D eigenvalue weighted by Crippen LogP contribution is 2.30. The average molecular weight is 318 g/mol. The lowest BCUT2D eigenvalue weighted by molar-refractivity contribution is -0.127. The molecule has 2 N–H and O–H groups in total. The molecule has 0 aliphatic heterocycles. The first-order chi connectivity index (χ1) is 10.8. The molecule has 0 bridgehead atoms. The van der Waals surface area contributed by atoms with E-state index in [-0.39, 0.29) is 5.91 Å². The van der Waals surface area contributed by atoms with Gasteiger partial charge in [0, 0.05) is 6.54 Å². The summed E-state index contributed by atoms with van der Waals surface area (Å²) in [5, 5.41) is 5.75. The molecular weight excluding hydrogens is 292 g/mol. The Balaban J connectivity index is 1.99. The van der Waals surface area contributed by atoms with Gasteiger partial charge in [0.05, 0.1) is 0 Å². The van der Waals surface area contributed by atoms with E-state index >= 15 is 0 Å². The molecule has 0 aromatic heterocycles. The van der Waals surface area contributed by atoms with Crippen LogP contribution in [0.25, 0.3) is 0 Å². The van der Waals surface area contributed by atoms with Crippen LogP contribution in [-0.4, -0.2) is 23.1 Å². The number of carbonyl (C=O) groups is 2. The number of benzene rings is 1. The van der Waals surface area contributed by atoms with E-state index in [1.54, 1.807) is 0 Å². The topological polar surface area (TPSA) is 67.4 Å². The lowest BCUT2D eigenvalue weighted by atomic mass is 9.96. The predicted octanol–water partition coefficient (Wildman–Crippen LogP) is 3.14. The second-order valence-electron chi connectivity index (χ2n) is 7.08. The molecule has 0 heterocycles. The van der Waals surface area contributed by atoms with Gasteiger partial charge in [0.25, 0.3) is 0 Å². The summed E-state index contributed by atoms with van der Waals surface area (Å²) in [6.07, 6.45) is 2.61. The van der Waals surface area contributed by atoms with Gasteiger partial charge in [-0.05, 0) is 39.2 Å². The Morgan fingerprint density at radius 2 is 1.74 bits per heavy atom. The fraction of sp³-hybridized carbons (Fsp3) is 0.556. The lowest BCUT2D eigenvalue weighted by Crippen LogP contribution is -2.57. The van der Waals surface area contributed by atoms with Crippen molar-refractivity contribution in [1.82, 2.24) is 10.6 Å². The molecule has 1 aliphatic carbocycles. The summed E-state index contributed by atoms with van der Waals surface area (Å²) >= 11 is 0. The van der Waals surface area contributed by atoms with Crippen LogP contribution in [0.2, 0.25) is 0 Å². The number of nitrogens with one attached hydrogen (secondary N) is 2. The first-order valence-corrected chi connectivity index (χ1v) is 8.14. The monoisotopic (exact) mass is 318 g/mol. The van der Waals surface area contributed by atoms with Crippen LogP contribution in [0.15, 0.2) is 30.3 Å².